The van der Waals surface area contributed by atoms with Crippen LogP contribution in [0, 0.1) is 12.8 Å². The van der Waals surface area contributed by atoms with E-state index in [1.165, 1.54) is 0 Å². The fraction of sp³-hybridized carbons (Fsp3) is 0.444. The zero-order valence-electron chi connectivity index (χ0n) is 21.2. The number of rotatable bonds is 7. The number of carbonyl (C=O) groups excluding carboxylic acids is 2. The van der Waals surface area contributed by atoms with Crippen molar-refractivity contribution in [3.05, 3.63) is 65.7 Å². The van der Waals surface area contributed by atoms with Crippen molar-refractivity contribution in [3.8, 4) is 11.3 Å². The highest BCUT2D eigenvalue weighted by Crippen LogP contribution is 2.22. The molecule has 0 aliphatic carbocycles. The summed E-state index contributed by atoms with van der Waals surface area (Å²) in [5.74, 6) is 0.514. The minimum atomic E-state index is -0.551. The monoisotopic (exact) mass is 477 g/mol. The zero-order valence-corrected chi connectivity index (χ0v) is 21.2. The van der Waals surface area contributed by atoms with Crippen molar-refractivity contribution < 1.29 is 14.0 Å². The van der Waals surface area contributed by atoms with Crippen LogP contribution < -0.4 is 5.32 Å². The molecule has 186 valence electrons. The number of hydrogen-bond acceptors (Lipinski definition) is 5. The van der Waals surface area contributed by atoms with Crippen molar-refractivity contribution in [1.29, 1.82) is 0 Å². The van der Waals surface area contributed by atoms with Crippen LogP contribution in [-0.2, 0) is 29.7 Å². The van der Waals surface area contributed by atoms with E-state index in [1.54, 1.807) is 11.2 Å². The second-order valence-electron chi connectivity index (χ2n) is 9.75. The van der Waals surface area contributed by atoms with Crippen molar-refractivity contribution in [2.24, 2.45) is 13.0 Å². The van der Waals surface area contributed by atoms with Gasteiger partial charge in [0.25, 0.3) is 0 Å². The van der Waals surface area contributed by atoms with Gasteiger partial charge in [0.2, 0.25) is 11.8 Å². The van der Waals surface area contributed by atoms with Gasteiger partial charge < -0.3 is 14.6 Å². The summed E-state index contributed by atoms with van der Waals surface area (Å²) in [5, 5.41) is 7.51. The van der Waals surface area contributed by atoms with Gasteiger partial charge in [0.1, 0.15) is 11.8 Å². The maximum absolute atomic E-state index is 13.4. The molecule has 2 unspecified atom stereocenters. The molecule has 1 aromatic carbocycles. The molecular weight excluding hydrogens is 442 g/mol. The first-order valence-electron chi connectivity index (χ1n) is 12.2. The van der Waals surface area contributed by atoms with Gasteiger partial charge >= 0.3 is 0 Å². The summed E-state index contributed by atoms with van der Waals surface area (Å²) in [7, 11) is 1.94. The average molecular weight is 478 g/mol. The van der Waals surface area contributed by atoms with Crippen LogP contribution in [0.5, 0.6) is 0 Å². The summed E-state index contributed by atoms with van der Waals surface area (Å²) >= 11 is 0. The Bertz CT molecular complexity index is 1150. The molecule has 0 bridgehead atoms. The van der Waals surface area contributed by atoms with Gasteiger partial charge in [-0.25, -0.2) is 0 Å². The highest BCUT2D eigenvalue weighted by molar-refractivity contribution is 5.89. The van der Waals surface area contributed by atoms with Gasteiger partial charge in [-0.3, -0.25) is 19.2 Å². The number of hydrogen-bond donors (Lipinski definition) is 1. The molecule has 1 aliphatic heterocycles. The van der Waals surface area contributed by atoms with Crippen LogP contribution in [0.1, 0.15) is 37.7 Å². The molecule has 4 rings (SSSR count). The van der Waals surface area contributed by atoms with Crippen LogP contribution in [-0.4, -0.2) is 56.6 Å². The molecule has 1 N–H and O–H groups in total. The molecule has 8 heteroatoms. The number of furan rings is 1. The number of aromatic nitrogens is 2. The SMILES string of the molecule is Cc1cc(CN2CC(C)N(C(=O)C(C)C)C(C(=O)NCc3ccc(-c4ccco4)cc3)C2)n(C)n1. The molecule has 2 aromatic heterocycles. The minimum Gasteiger partial charge on any atom is -0.464 e. The molecule has 0 spiro atoms. The van der Waals surface area contributed by atoms with Crippen molar-refractivity contribution >= 4 is 11.8 Å². The predicted octanol–water partition coefficient (Wildman–Crippen LogP) is 3.36. The first-order chi connectivity index (χ1) is 16.7. The number of benzene rings is 1. The van der Waals surface area contributed by atoms with Gasteiger partial charge in [0.15, 0.2) is 0 Å². The second-order valence-corrected chi connectivity index (χ2v) is 9.75. The van der Waals surface area contributed by atoms with E-state index >= 15 is 0 Å². The minimum absolute atomic E-state index is 0.0106. The smallest absolute Gasteiger partial charge is 0.244 e. The van der Waals surface area contributed by atoms with E-state index in [4.69, 9.17) is 4.42 Å². The van der Waals surface area contributed by atoms with Gasteiger partial charge in [-0.2, -0.15) is 5.10 Å². The summed E-state index contributed by atoms with van der Waals surface area (Å²) < 4.78 is 7.33. The van der Waals surface area contributed by atoms with Crippen molar-refractivity contribution in [2.75, 3.05) is 13.1 Å². The molecule has 1 fully saturated rings. The highest BCUT2D eigenvalue weighted by atomic mass is 16.3. The summed E-state index contributed by atoms with van der Waals surface area (Å²) in [4.78, 5) is 30.5. The number of carbonyl (C=O) groups is 2. The third-order valence-electron chi connectivity index (χ3n) is 6.53. The molecular formula is C27H35N5O3. The summed E-state index contributed by atoms with van der Waals surface area (Å²) in [6.07, 6.45) is 1.65. The van der Waals surface area contributed by atoms with Crippen molar-refractivity contribution in [1.82, 2.24) is 24.9 Å². The topological polar surface area (TPSA) is 83.6 Å². The van der Waals surface area contributed by atoms with Gasteiger partial charge in [0, 0.05) is 50.7 Å². The molecule has 1 saturated heterocycles. The van der Waals surface area contributed by atoms with Gasteiger partial charge in [-0.15, -0.1) is 0 Å². The van der Waals surface area contributed by atoms with E-state index in [0.717, 1.165) is 28.3 Å². The Kier molecular flexibility index (Phi) is 7.40. The quantitative estimate of drug-likeness (QED) is 0.564. The standard InChI is InChI=1S/C27H35N5O3/c1-18(2)27(34)32-20(4)15-31(16-23-13-19(3)29-30(23)5)17-24(32)26(33)28-14-21-8-10-22(11-9-21)25-7-6-12-35-25/h6-13,18,20,24H,14-17H2,1-5H3,(H,28,33). The maximum atomic E-state index is 13.4. The molecule has 0 saturated carbocycles. The lowest BCUT2D eigenvalue weighted by Gasteiger charge is -2.45. The number of amides is 2. The van der Waals surface area contributed by atoms with E-state index in [2.05, 4.69) is 21.4 Å². The maximum Gasteiger partial charge on any atom is 0.244 e. The third-order valence-corrected chi connectivity index (χ3v) is 6.53. The first-order valence-corrected chi connectivity index (χ1v) is 12.2. The van der Waals surface area contributed by atoms with Crippen molar-refractivity contribution in [2.45, 2.75) is 52.9 Å². The Balaban J connectivity index is 1.46. The lowest BCUT2D eigenvalue weighted by Crippen LogP contribution is -2.64. The molecule has 2 atom stereocenters. The molecule has 0 radical (unpaired) electrons. The lowest BCUT2D eigenvalue weighted by atomic mass is 10.0. The van der Waals surface area contributed by atoms with Crippen LogP contribution in [0.25, 0.3) is 11.3 Å². The van der Waals surface area contributed by atoms with E-state index in [9.17, 15) is 9.59 Å². The normalized spacial score (nSPS) is 18.7. The number of nitrogens with zero attached hydrogens (tertiary/aromatic N) is 4. The van der Waals surface area contributed by atoms with E-state index in [0.29, 0.717) is 26.2 Å². The first kappa shape index (κ1) is 24.7. The van der Waals surface area contributed by atoms with Crippen LogP contribution in [0.15, 0.2) is 53.1 Å². The average Bonchev–Trinajstić information content (AvgIpc) is 3.46. The van der Waals surface area contributed by atoms with Crippen LogP contribution in [0.3, 0.4) is 0 Å². The fourth-order valence-electron chi connectivity index (χ4n) is 4.76. The molecule has 1 aliphatic rings. The van der Waals surface area contributed by atoms with Gasteiger partial charge in [-0.05, 0) is 37.6 Å². The summed E-state index contributed by atoms with van der Waals surface area (Å²) in [5.41, 5.74) is 4.04. The Morgan fingerprint density at radius 1 is 1.17 bits per heavy atom. The number of piperazine rings is 1. The molecule has 2 amide bonds. The Morgan fingerprint density at radius 2 is 1.91 bits per heavy atom. The van der Waals surface area contributed by atoms with Crippen LogP contribution in [0.2, 0.25) is 0 Å². The molecule has 3 aromatic rings. The molecule has 3 heterocycles. The van der Waals surface area contributed by atoms with Gasteiger partial charge in [0.05, 0.1) is 17.7 Å². The highest BCUT2D eigenvalue weighted by Gasteiger charge is 2.40. The van der Waals surface area contributed by atoms with Crippen LogP contribution in [0.4, 0.5) is 0 Å². The Morgan fingerprint density at radius 3 is 2.51 bits per heavy atom. The number of aryl methyl sites for hydroxylation is 2. The summed E-state index contributed by atoms with van der Waals surface area (Å²) in [6, 6.07) is 13.1. The largest absolute Gasteiger partial charge is 0.464 e. The van der Waals surface area contributed by atoms with Crippen molar-refractivity contribution in [3.63, 3.8) is 0 Å². The lowest BCUT2D eigenvalue weighted by molar-refractivity contribution is -0.150. The van der Waals surface area contributed by atoms with E-state index < -0.39 is 6.04 Å². The summed E-state index contributed by atoms with van der Waals surface area (Å²) in [6.45, 7) is 10.0. The number of nitrogens with one attached hydrogen (secondary N) is 1. The van der Waals surface area contributed by atoms with Gasteiger partial charge in [-0.1, -0.05) is 38.1 Å². The predicted molar refractivity (Wildman–Crippen MR) is 134 cm³/mol. The van der Waals surface area contributed by atoms with Crippen LogP contribution >= 0.6 is 0 Å². The third kappa shape index (κ3) is 5.65. The molecule has 35 heavy (non-hydrogen) atoms. The second kappa shape index (κ2) is 10.5. The van der Waals surface area contributed by atoms with E-state index in [1.807, 2.05) is 75.8 Å². The fourth-order valence-corrected chi connectivity index (χ4v) is 4.76. The molecule has 8 nitrogen and oxygen atoms in total. The van der Waals surface area contributed by atoms with E-state index in [-0.39, 0.29) is 23.8 Å². The Hall–Kier alpha value is -3.39. The zero-order chi connectivity index (χ0) is 25.1. The Labute approximate surface area is 206 Å².